The number of nitrogens with zero attached hydrogens (tertiary/aromatic N) is 2. The van der Waals surface area contributed by atoms with Crippen molar-refractivity contribution in [2.24, 2.45) is 0 Å². The van der Waals surface area contributed by atoms with E-state index in [0.717, 1.165) is 17.0 Å². The number of aromatic nitrogens is 2. The lowest BCUT2D eigenvalue weighted by atomic mass is 10.1. The Morgan fingerprint density at radius 1 is 1.27 bits per heavy atom. The fourth-order valence-electron chi connectivity index (χ4n) is 2.34. The van der Waals surface area contributed by atoms with E-state index in [2.05, 4.69) is 10.4 Å². The Balaban J connectivity index is 1.76. The van der Waals surface area contributed by atoms with Gasteiger partial charge in [0, 0.05) is 12.2 Å². The highest BCUT2D eigenvalue weighted by molar-refractivity contribution is 5.75. The summed E-state index contributed by atoms with van der Waals surface area (Å²) in [6.07, 6.45) is 1.33. The SMILES string of the molecule is Cc1nn(CC(=O)NCCCc2ccccc2F)c(C)c1C. The average molecular weight is 303 g/mol. The predicted octanol–water partition coefficient (Wildman–Crippen LogP) is 2.70. The molecule has 1 N–H and O–H groups in total. The summed E-state index contributed by atoms with van der Waals surface area (Å²) in [6.45, 7) is 6.65. The van der Waals surface area contributed by atoms with Crippen LogP contribution in [-0.4, -0.2) is 22.2 Å². The summed E-state index contributed by atoms with van der Waals surface area (Å²) < 4.78 is 15.2. The van der Waals surface area contributed by atoms with Crippen LogP contribution in [0, 0.1) is 26.6 Å². The number of nitrogens with one attached hydrogen (secondary N) is 1. The second-order valence-electron chi connectivity index (χ2n) is 5.50. The summed E-state index contributed by atoms with van der Waals surface area (Å²) in [5.41, 5.74) is 3.77. The number of rotatable bonds is 6. The molecular formula is C17H22FN3O. The van der Waals surface area contributed by atoms with E-state index < -0.39 is 0 Å². The largest absolute Gasteiger partial charge is 0.354 e. The van der Waals surface area contributed by atoms with Gasteiger partial charge in [0.15, 0.2) is 0 Å². The molecule has 2 rings (SSSR count). The van der Waals surface area contributed by atoms with Gasteiger partial charge in [0.1, 0.15) is 12.4 Å². The average Bonchev–Trinajstić information content (AvgIpc) is 2.72. The number of carbonyl (C=O) groups is 1. The van der Waals surface area contributed by atoms with Gasteiger partial charge in [-0.15, -0.1) is 0 Å². The molecule has 4 nitrogen and oxygen atoms in total. The molecule has 22 heavy (non-hydrogen) atoms. The molecule has 118 valence electrons. The fraction of sp³-hybridized carbons (Fsp3) is 0.412. The van der Waals surface area contributed by atoms with Crippen LogP contribution in [0.3, 0.4) is 0 Å². The highest BCUT2D eigenvalue weighted by Crippen LogP contribution is 2.10. The third kappa shape index (κ3) is 3.93. The van der Waals surface area contributed by atoms with E-state index >= 15 is 0 Å². The van der Waals surface area contributed by atoms with Crippen LogP contribution in [0.5, 0.6) is 0 Å². The maximum absolute atomic E-state index is 13.4. The Morgan fingerprint density at radius 2 is 2.00 bits per heavy atom. The Morgan fingerprint density at radius 3 is 2.64 bits per heavy atom. The van der Waals surface area contributed by atoms with E-state index in [9.17, 15) is 9.18 Å². The van der Waals surface area contributed by atoms with Gasteiger partial charge in [-0.2, -0.15) is 5.10 Å². The van der Waals surface area contributed by atoms with Gasteiger partial charge in [0.05, 0.1) is 5.69 Å². The first kappa shape index (κ1) is 16.2. The zero-order valence-corrected chi connectivity index (χ0v) is 13.3. The number of halogens is 1. The Kier molecular flexibility index (Phi) is 5.31. The first-order chi connectivity index (χ1) is 10.5. The molecule has 1 aromatic carbocycles. The standard InChI is InChI=1S/C17H22FN3O/c1-12-13(2)20-21(14(12)3)11-17(22)19-10-6-8-15-7-4-5-9-16(15)18/h4-5,7,9H,6,8,10-11H2,1-3H3,(H,19,22). The van der Waals surface area contributed by atoms with E-state index in [-0.39, 0.29) is 18.3 Å². The van der Waals surface area contributed by atoms with Gasteiger partial charge >= 0.3 is 0 Å². The second-order valence-corrected chi connectivity index (χ2v) is 5.50. The van der Waals surface area contributed by atoms with Gasteiger partial charge in [0.25, 0.3) is 0 Å². The predicted molar refractivity (Wildman–Crippen MR) is 84.2 cm³/mol. The third-order valence-electron chi connectivity index (χ3n) is 3.94. The highest BCUT2D eigenvalue weighted by atomic mass is 19.1. The van der Waals surface area contributed by atoms with Crippen molar-refractivity contribution in [3.05, 3.63) is 52.6 Å². The van der Waals surface area contributed by atoms with Crippen molar-refractivity contribution in [2.75, 3.05) is 6.54 Å². The fourth-order valence-corrected chi connectivity index (χ4v) is 2.34. The topological polar surface area (TPSA) is 46.9 Å². The van der Waals surface area contributed by atoms with Crippen molar-refractivity contribution in [3.8, 4) is 0 Å². The zero-order valence-electron chi connectivity index (χ0n) is 13.3. The van der Waals surface area contributed by atoms with E-state index in [1.165, 1.54) is 6.07 Å². The van der Waals surface area contributed by atoms with Crippen LogP contribution < -0.4 is 5.32 Å². The summed E-state index contributed by atoms with van der Waals surface area (Å²) in [7, 11) is 0. The van der Waals surface area contributed by atoms with Crippen LogP contribution in [0.2, 0.25) is 0 Å². The lowest BCUT2D eigenvalue weighted by molar-refractivity contribution is -0.121. The van der Waals surface area contributed by atoms with Gasteiger partial charge < -0.3 is 5.32 Å². The van der Waals surface area contributed by atoms with Crippen molar-refractivity contribution in [1.29, 1.82) is 0 Å². The molecule has 5 heteroatoms. The van der Waals surface area contributed by atoms with E-state index in [1.54, 1.807) is 16.8 Å². The molecule has 2 aromatic rings. The molecule has 0 atom stereocenters. The van der Waals surface area contributed by atoms with Crippen LogP contribution in [0.1, 0.15) is 28.9 Å². The molecule has 0 unspecified atom stereocenters. The molecule has 1 aromatic heterocycles. The van der Waals surface area contributed by atoms with Crippen LogP contribution in [0.25, 0.3) is 0 Å². The summed E-state index contributed by atoms with van der Waals surface area (Å²) in [5, 5.41) is 7.20. The van der Waals surface area contributed by atoms with Crippen LogP contribution in [-0.2, 0) is 17.8 Å². The maximum Gasteiger partial charge on any atom is 0.241 e. The van der Waals surface area contributed by atoms with E-state index in [0.29, 0.717) is 24.9 Å². The van der Waals surface area contributed by atoms with Crippen LogP contribution >= 0.6 is 0 Å². The van der Waals surface area contributed by atoms with Gasteiger partial charge in [-0.05, 0) is 50.8 Å². The van der Waals surface area contributed by atoms with Gasteiger partial charge in [-0.3, -0.25) is 9.48 Å². The molecule has 0 spiro atoms. The second kappa shape index (κ2) is 7.20. The van der Waals surface area contributed by atoms with Crippen molar-refractivity contribution < 1.29 is 9.18 Å². The van der Waals surface area contributed by atoms with Crippen LogP contribution in [0.4, 0.5) is 4.39 Å². The van der Waals surface area contributed by atoms with E-state index in [1.807, 2.05) is 26.8 Å². The van der Waals surface area contributed by atoms with Crippen molar-refractivity contribution in [2.45, 2.75) is 40.2 Å². The molecule has 0 bridgehead atoms. The molecule has 0 aliphatic heterocycles. The first-order valence-corrected chi connectivity index (χ1v) is 7.49. The lowest BCUT2D eigenvalue weighted by Crippen LogP contribution is -2.29. The number of benzene rings is 1. The third-order valence-corrected chi connectivity index (χ3v) is 3.94. The molecule has 0 aliphatic carbocycles. The van der Waals surface area contributed by atoms with Crippen molar-refractivity contribution >= 4 is 5.91 Å². The Hall–Kier alpha value is -2.17. The maximum atomic E-state index is 13.4. The molecule has 1 amide bonds. The van der Waals surface area contributed by atoms with Crippen molar-refractivity contribution in [3.63, 3.8) is 0 Å². The highest BCUT2D eigenvalue weighted by Gasteiger charge is 2.10. The van der Waals surface area contributed by atoms with Gasteiger partial charge in [0.2, 0.25) is 5.91 Å². The summed E-state index contributed by atoms with van der Waals surface area (Å²) in [4.78, 5) is 11.9. The number of amides is 1. The molecular weight excluding hydrogens is 281 g/mol. The quantitative estimate of drug-likeness (QED) is 0.834. The molecule has 0 radical (unpaired) electrons. The molecule has 0 saturated carbocycles. The molecule has 1 heterocycles. The molecule has 0 saturated heterocycles. The first-order valence-electron chi connectivity index (χ1n) is 7.49. The number of carbonyl (C=O) groups excluding carboxylic acids is 1. The summed E-state index contributed by atoms with van der Waals surface area (Å²) in [6, 6.07) is 6.73. The number of hydrogen-bond acceptors (Lipinski definition) is 2. The number of aryl methyl sites for hydroxylation is 2. The molecule has 0 fully saturated rings. The van der Waals surface area contributed by atoms with E-state index in [4.69, 9.17) is 0 Å². The summed E-state index contributed by atoms with van der Waals surface area (Å²) in [5.74, 6) is -0.258. The zero-order chi connectivity index (χ0) is 16.1. The van der Waals surface area contributed by atoms with Gasteiger partial charge in [-0.25, -0.2) is 4.39 Å². The smallest absolute Gasteiger partial charge is 0.241 e. The molecule has 0 aliphatic rings. The Bertz CT molecular complexity index is 664. The van der Waals surface area contributed by atoms with Gasteiger partial charge in [-0.1, -0.05) is 18.2 Å². The number of hydrogen-bond donors (Lipinski definition) is 1. The Labute approximate surface area is 130 Å². The van der Waals surface area contributed by atoms with Crippen molar-refractivity contribution in [1.82, 2.24) is 15.1 Å². The normalized spacial score (nSPS) is 10.7. The lowest BCUT2D eigenvalue weighted by Gasteiger charge is -2.07. The minimum atomic E-state index is -0.188. The minimum Gasteiger partial charge on any atom is -0.354 e. The summed E-state index contributed by atoms with van der Waals surface area (Å²) >= 11 is 0. The monoisotopic (exact) mass is 303 g/mol. The van der Waals surface area contributed by atoms with Crippen LogP contribution in [0.15, 0.2) is 24.3 Å². The minimum absolute atomic E-state index is 0.0702.